The van der Waals surface area contributed by atoms with E-state index in [1.807, 2.05) is 44.2 Å². The topological polar surface area (TPSA) is 74.2 Å². The monoisotopic (exact) mass is 374 g/mol. The van der Waals surface area contributed by atoms with Crippen molar-refractivity contribution in [2.75, 3.05) is 28.4 Å². The van der Waals surface area contributed by atoms with Gasteiger partial charge in [-0.25, -0.2) is 4.79 Å². The predicted molar refractivity (Wildman–Crippen MR) is 105 cm³/mol. The lowest BCUT2D eigenvalue weighted by molar-refractivity contribution is -0.131. The molecule has 0 saturated heterocycles. The summed E-state index contributed by atoms with van der Waals surface area (Å²) in [7, 11) is 6.31. The zero-order valence-electron chi connectivity index (χ0n) is 16.5. The molecule has 6 heteroatoms. The van der Waals surface area contributed by atoms with Gasteiger partial charge in [-0.1, -0.05) is 29.8 Å². The molecule has 0 saturated carbocycles. The SMILES string of the molecule is COc1cc(C)c(OC)c(OC)c1OC.Cc1ccc(C=CC(=O)O)cc1. The van der Waals surface area contributed by atoms with E-state index < -0.39 is 5.97 Å². The number of ether oxygens (including phenoxy) is 4. The van der Waals surface area contributed by atoms with E-state index in [4.69, 9.17) is 24.1 Å². The van der Waals surface area contributed by atoms with Crippen LogP contribution in [0, 0.1) is 13.8 Å². The fraction of sp³-hybridized carbons (Fsp3) is 0.286. The number of carboxylic acid groups (broad SMARTS) is 1. The van der Waals surface area contributed by atoms with Gasteiger partial charge in [0.25, 0.3) is 0 Å². The van der Waals surface area contributed by atoms with Gasteiger partial charge >= 0.3 is 5.97 Å². The van der Waals surface area contributed by atoms with E-state index >= 15 is 0 Å². The molecule has 1 N–H and O–H groups in total. The Morgan fingerprint density at radius 3 is 1.85 bits per heavy atom. The van der Waals surface area contributed by atoms with Gasteiger partial charge in [0.1, 0.15) is 0 Å². The minimum Gasteiger partial charge on any atom is -0.493 e. The predicted octanol–water partition coefficient (Wildman–Crippen LogP) is 4.12. The molecule has 0 fully saturated rings. The summed E-state index contributed by atoms with van der Waals surface area (Å²) in [6.07, 6.45) is 2.70. The van der Waals surface area contributed by atoms with Gasteiger partial charge in [0.05, 0.1) is 28.4 Å². The number of aliphatic carboxylic acids is 1. The highest BCUT2D eigenvalue weighted by molar-refractivity contribution is 5.85. The fourth-order valence-electron chi connectivity index (χ4n) is 2.35. The van der Waals surface area contributed by atoms with E-state index in [-0.39, 0.29) is 0 Å². The van der Waals surface area contributed by atoms with Crippen molar-refractivity contribution in [3.8, 4) is 23.0 Å². The van der Waals surface area contributed by atoms with Crippen molar-refractivity contribution in [1.82, 2.24) is 0 Å². The zero-order valence-corrected chi connectivity index (χ0v) is 16.5. The first kappa shape index (κ1) is 21.9. The summed E-state index contributed by atoms with van der Waals surface area (Å²) < 4.78 is 20.9. The Balaban J connectivity index is 0.000000277. The largest absolute Gasteiger partial charge is 0.493 e. The average Bonchev–Trinajstić information content (AvgIpc) is 2.66. The second kappa shape index (κ2) is 10.8. The van der Waals surface area contributed by atoms with Crippen LogP contribution in [-0.4, -0.2) is 39.5 Å². The molecule has 0 aliphatic carbocycles. The molecule has 0 unspecified atom stereocenters. The minimum absolute atomic E-state index is 0.544. The third-order valence-corrected chi connectivity index (χ3v) is 3.67. The van der Waals surface area contributed by atoms with Crippen molar-refractivity contribution < 1.29 is 28.8 Å². The molecule has 0 amide bonds. The van der Waals surface area contributed by atoms with Gasteiger partial charge in [-0.15, -0.1) is 0 Å². The summed E-state index contributed by atoms with van der Waals surface area (Å²) in [6, 6.07) is 9.51. The number of aryl methyl sites for hydroxylation is 2. The first-order valence-electron chi connectivity index (χ1n) is 8.19. The molecule has 146 valence electrons. The first-order chi connectivity index (χ1) is 12.9. The minimum atomic E-state index is -0.921. The Morgan fingerprint density at radius 1 is 0.852 bits per heavy atom. The molecule has 0 atom stereocenters. The summed E-state index contributed by atoms with van der Waals surface area (Å²) in [5.41, 5.74) is 3.01. The molecule has 0 spiro atoms. The van der Waals surface area contributed by atoms with E-state index in [0.29, 0.717) is 23.0 Å². The molecule has 6 nitrogen and oxygen atoms in total. The molecular formula is C21H26O6. The van der Waals surface area contributed by atoms with Crippen molar-refractivity contribution in [3.63, 3.8) is 0 Å². The lowest BCUT2D eigenvalue weighted by Crippen LogP contribution is -1.99. The van der Waals surface area contributed by atoms with E-state index in [9.17, 15) is 4.79 Å². The van der Waals surface area contributed by atoms with Crippen LogP contribution in [-0.2, 0) is 4.79 Å². The lowest BCUT2D eigenvalue weighted by atomic mass is 10.1. The summed E-state index contributed by atoms with van der Waals surface area (Å²) in [6.45, 7) is 3.91. The van der Waals surface area contributed by atoms with Gasteiger partial charge in [0.2, 0.25) is 11.5 Å². The zero-order chi connectivity index (χ0) is 20.4. The number of carbonyl (C=O) groups is 1. The number of methoxy groups -OCH3 is 4. The molecule has 27 heavy (non-hydrogen) atoms. The van der Waals surface area contributed by atoms with Crippen LogP contribution in [0.1, 0.15) is 16.7 Å². The van der Waals surface area contributed by atoms with Gasteiger partial charge in [-0.3, -0.25) is 0 Å². The number of carboxylic acids is 1. The van der Waals surface area contributed by atoms with Gasteiger partial charge in [0.15, 0.2) is 11.5 Å². The van der Waals surface area contributed by atoms with E-state index in [1.165, 1.54) is 5.56 Å². The third kappa shape index (κ3) is 6.26. The van der Waals surface area contributed by atoms with Gasteiger partial charge in [-0.2, -0.15) is 0 Å². The molecule has 0 heterocycles. The Bertz CT molecular complexity index is 778. The Hall–Kier alpha value is -3.15. The fourth-order valence-corrected chi connectivity index (χ4v) is 2.35. The first-order valence-corrected chi connectivity index (χ1v) is 8.19. The van der Waals surface area contributed by atoms with Gasteiger partial charge < -0.3 is 24.1 Å². The van der Waals surface area contributed by atoms with Crippen molar-refractivity contribution in [1.29, 1.82) is 0 Å². The van der Waals surface area contributed by atoms with Gasteiger partial charge in [-0.05, 0) is 37.1 Å². The summed E-state index contributed by atoms with van der Waals surface area (Å²) in [4.78, 5) is 10.2. The molecule has 2 rings (SSSR count). The molecule has 2 aromatic rings. The van der Waals surface area contributed by atoms with Crippen LogP contribution < -0.4 is 18.9 Å². The van der Waals surface area contributed by atoms with Crippen LogP contribution >= 0.6 is 0 Å². The molecule has 0 bridgehead atoms. The molecule has 0 radical (unpaired) electrons. The van der Waals surface area contributed by atoms with Crippen LogP contribution in [0.4, 0.5) is 0 Å². The number of hydrogen-bond donors (Lipinski definition) is 1. The highest BCUT2D eigenvalue weighted by Gasteiger charge is 2.19. The number of hydrogen-bond acceptors (Lipinski definition) is 5. The van der Waals surface area contributed by atoms with Crippen LogP contribution in [0.5, 0.6) is 23.0 Å². The van der Waals surface area contributed by atoms with Crippen LogP contribution in [0.25, 0.3) is 6.08 Å². The van der Waals surface area contributed by atoms with E-state index in [1.54, 1.807) is 34.5 Å². The van der Waals surface area contributed by atoms with Crippen molar-refractivity contribution in [2.24, 2.45) is 0 Å². The summed E-state index contributed by atoms with van der Waals surface area (Å²) in [5, 5.41) is 8.34. The highest BCUT2D eigenvalue weighted by Crippen LogP contribution is 2.46. The standard InChI is InChI=1S/C11H16O4.C10H10O2/c1-7-6-8(12-2)10(14-4)11(15-5)9(7)13-3;1-8-2-4-9(5-3-8)6-7-10(11)12/h6H,1-5H3;2-7H,1H3,(H,11,12). The second-order valence-corrected chi connectivity index (χ2v) is 5.58. The number of rotatable bonds is 6. The Morgan fingerprint density at radius 2 is 1.41 bits per heavy atom. The quantitative estimate of drug-likeness (QED) is 0.767. The maximum absolute atomic E-state index is 10.2. The van der Waals surface area contributed by atoms with Crippen molar-refractivity contribution >= 4 is 12.0 Å². The van der Waals surface area contributed by atoms with E-state index in [2.05, 4.69) is 0 Å². The third-order valence-electron chi connectivity index (χ3n) is 3.67. The molecular weight excluding hydrogens is 348 g/mol. The highest BCUT2D eigenvalue weighted by atomic mass is 16.5. The van der Waals surface area contributed by atoms with Crippen LogP contribution in [0.3, 0.4) is 0 Å². The molecule has 2 aromatic carbocycles. The lowest BCUT2D eigenvalue weighted by Gasteiger charge is -2.16. The van der Waals surface area contributed by atoms with E-state index in [0.717, 1.165) is 17.2 Å². The Kier molecular flexibility index (Phi) is 8.72. The molecule has 0 aromatic heterocycles. The van der Waals surface area contributed by atoms with Crippen molar-refractivity contribution in [3.05, 3.63) is 53.1 Å². The maximum atomic E-state index is 10.2. The van der Waals surface area contributed by atoms with Crippen LogP contribution in [0.2, 0.25) is 0 Å². The second-order valence-electron chi connectivity index (χ2n) is 5.58. The van der Waals surface area contributed by atoms with Crippen molar-refractivity contribution in [2.45, 2.75) is 13.8 Å². The average molecular weight is 374 g/mol. The smallest absolute Gasteiger partial charge is 0.328 e. The molecule has 0 aliphatic rings. The summed E-state index contributed by atoms with van der Waals surface area (Å²) in [5.74, 6) is 1.47. The molecule has 0 aliphatic heterocycles. The van der Waals surface area contributed by atoms with Crippen LogP contribution in [0.15, 0.2) is 36.4 Å². The van der Waals surface area contributed by atoms with Gasteiger partial charge in [0, 0.05) is 6.08 Å². The Labute approximate surface area is 159 Å². The number of benzene rings is 2. The normalized spacial score (nSPS) is 10.0. The summed E-state index contributed by atoms with van der Waals surface area (Å²) >= 11 is 0. The maximum Gasteiger partial charge on any atom is 0.328 e.